The van der Waals surface area contributed by atoms with Crippen molar-refractivity contribution in [3.8, 4) is 0 Å². The molecular formula is C9H13. The van der Waals surface area contributed by atoms with Gasteiger partial charge in [-0.3, -0.25) is 0 Å². The van der Waals surface area contributed by atoms with Crippen LogP contribution in [0.25, 0.3) is 0 Å². The number of hydrogen-bond donors (Lipinski definition) is 0. The van der Waals surface area contributed by atoms with Crippen LogP contribution in [0.3, 0.4) is 0 Å². The molecule has 1 aliphatic rings. The molecule has 0 unspecified atom stereocenters. The fourth-order valence-corrected chi connectivity index (χ4v) is 1.03. The molecule has 0 N–H and O–H groups in total. The summed E-state index contributed by atoms with van der Waals surface area (Å²) >= 11 is 0. The van der Waals surface area contributed by atoms with Gasteiger partial charge in [0.15, 0.2) is 0 Å². The van der Waals surface area contributed by atoms with Crippen LogP contribution >= 0.6 is 0 Å². The third-order valence-electron chi connectivity index (χ3n) is 1.76. The second-order valence-corrected chi connectivity index (χ2v) is 2.39. The van der Waals surface area contributed by atoms with Gasteiger partial charge in [-0.25, -0.2) is 0 Å². The third-order valence-corrected chi connectivity index (χ3v) is 1.76. The van der Waals surface area contributed by atoms with Crippen LogP contribution in [0.15, 0.2) is 17.2 Å². The summed E-state index contributed by atoms with van der Waals surface area (Å²) in [6.45, 7) is 4.38. The van der Waals surface area contributed by atoms with E-state index in [0.29, 0.717) is 0 Å². The van der Waals surface area contributed by atoms with Crippen molar-refractivity contribution in [1.82, 2.24) is 0 Å². The van der Waals surface area contributed by atoms with Crippen LogP contribution in [0.2, 0.25) is 0 Å². The first-order valence-corrected chi connectivity index (χ1v) is 3.66. The van der Waals surface area contributed by atoms with Gasteiger partial charge in [-0.2, -0.15) is 0 Å². The Kier molecular flexibility index (Phi) is 2.10. The molecule has 0 nitrogen and oxygen atoms in total. The van der Waals surface area contributed by atoms with E-state index in [0.717, 1.165) is 12.8 Å². The van der Waals surface area contributed by atoms with Gasteiger partial charge in [0.25, 0.3) is 0 Å². The van der Waals surface area contributed by atoms with Gasteiger partial charge in [0.2, 0.25) is 0 Å². The van der Waals surface area contributed by atoms with Gasteiger partial charge in [-0.15, -0.1) is 0 Å². The molecule has 0 amide bonds. The predicted molar refractivity (Wildman–Crippen MR) is 40.0 cm³/mol. The van der Waals surface area contributed by atoms with E-state index in [1.165, 1.54) is 17.6 Å². The van der Waals surface area contributed by atoms with Crippen molar-refractivity contribution in [2.75, 3.05) is 0 Å². The highest BCUT2D eigenvalue weighted by molar-refractivity contribution is 5.28. The molecule has 0 aromatic heterocycles. The van der Waals surface area contributed by atoms with Crippen molar-refractivity contribution in [3.05, 3.63) is 23.3 Å². The van der Waals surface area contributed by atoms with Crippen molar-refractivity contribution >= 4 is 0 Å². The minimum absolute atomic E-state index is 1.08. The SMILES string of the molecule is CCC1=[C]CC(CC)=C1. The maximum atomic E-state index is 3.33. The molecule has 0 aromatic carbocycles. The van der Waals surface area contributed by atoms with Gasteiger partial charge >= 0.3 is 0 Å². The Morgan fingerprint density at radius 1 is 1.44 bits per heavy atom. The Morgan fingerprint density at radius 3 is 2.56 bits per heavy atom. The monoisotopic (exact) mass is 121 g/mol. The molecule has 49 valence electrons. The minimum atomic E-state index is 1.08. The minimum Gasteiger partial charge on any atom is -0.0658 e. The van der Waals surface area contributed by atoms with Crippen molar-refractivity contribution in [1.29, 1.82) is 0 Å². The highest BCUT2D eigenvalue weighted by Crippen LogP contribution is 2.20. The first kappa shape index (κ1) is 6.60. The normalized spacial score (nSPS) is 17.6. The lowest BCUT2D eigenvalue weighted by Gasteiger charge is -1.90. The van der Waals surface area contributed by atoms with E-state index in [2.05, 4.69) is 26.0 Å². The molecule has 1 aliphatic carbocycles. The quantitative estimate of drug-likeness (QED) is 0.527. The summed E-state index contributed by atoms with van der Waals surface area (Å²) in [6, 6.07) is 0. The van der Waals surface area contributed by atoms with E-state index >= 15 is 0 Å². The van der Waals surface area contributed by atoms with Crippen molar-refractivity contribution in [2.45, 2.75) is 33.1 Å². The molecular weight excluding hydrogens is 108 g/mol. The summed E-state index contributed by atoms with van der Waals surface area (Å²) < 4.78 is 0. The zero-order chi connectivity index (χ0) is 6.69. The Balaban J connectivity index is 2.52. The zero-order valence-corrected chi connectivity index (χ0v) is 6.20. The van der Waals surface area contributed by atoms with Gasteiger partial charge in [0, 0.05) is 0 Å². The highest BCUT2D eigenvalue weighted by Gasteiger charge is 2.01. The average Bonchev–Trinajstić information content (AvgIpc) is 2.34. The van der Waals surface area contributed by atoms with Gasteiger partial charge in [0.05, 0.1) is 0 Å². The van der Waals surface area contributed by atoms with Gasteiger partial charge in [-0.1, -0.05) is 25.5 Å². The van der Waals surface area contributed by atoms with Gasteiger partial charge in [0.1, 0.15) is 0 Å². The molecule has 1 rings (SSSR count). The van der Waals surface area contributed by atoms with Crippen LogP contribution in [-0.4, -0.2) is 0 Å². The fourth-order valence-electron chi connectivity index (χ4n) is 1.03. The van der Waals surface area contributed by atoms with E-state index in [1.807, 2.05) is 0 Å². The van der Waals surface area contributed by atoms with Crippen LogP contribution in [0.4, 0.5) is 0 Å². The molecule has 0 bridgehead atoms. The van der Waals surface area contributed by atoms with Crippen LogP contribution in [-0.2, 0) is 0 Å². The summed E-state index contributed by atoms with van der Waals surface area (Å²) in [4.78, 5) is 0. The summed E-state index contributed by atoms with van der Waals surface area (Å²) in [7, 11) is 0. The molecule has 0 aromatic rings. The smallest absolute Gasteiger partial charge is 0.00583 e. The molecule has 0 heterocycles. The van der Waals surface area contributed by atoms with E-state index in [1.54, 1.807) is 0 Å². The molecule has 1 radical (unpaired) electrons. The van der Waals surface area contributed by atoms with Crippen molar-refractivity contribution in [3.63, 3.8) is 0 Å². The molecule has 0 aliphatic heterocycles. The van der Waals surface area contributed by atoms with E-state index in [4.69, 9.17) is 0 Å². The fraction of sp³-hybridized carbons (Fsp3) is 0.556. The highest BCUT2D eigenvalue weighted by atomic mass is 14.1. The lowest BCUT2D eigenvalue weighted by Crippen LogP contribution is -1.70. The Labute approximate surface area is 57.3 Å². The Bertz CT molecular complexity index is 149. The van der Waals surface area contributed by atoms with Gasteiger partial charge < -0.3 is 0 Å². The average molecular weight is 121 g/mol. The Hall–Kier alpha value is -0.520. The third kappa shape index (κ3) is 1.44. The molecule has 0 atom stereocenters. The van der Waals surface area contributed by atoms with E-state index in [-0.39, 0.29) is 0 Å². The molecule has 0 fully saturated rings. The second kappa shape index (κ2) is 2.86. The molecule has 0 spiro atoms. The van der Waals surface area contributed by atoms with Crippen LogP contribution in [0.1, 0.15) is 33.1 Å². The predicted octanol–water partition coefficient (Wildman–Crippen LogP) is 2.87. The van der Waals surface area contributed by atoms with Gasteiger partial charge in [-0.05, 0) is 30.9 Å². The van der Waals surface area contributed by atoms with Crippen molar-refractivity contribution < 1.29 is 0 Å². The molecule has 0 heteroatoms. The van der Waals surface area contributed by atoms with Crippen LogP contribution in [0, 0.1) is 6.08 Å². The number of hydrogen-bond acceptors (Lipinski definition) is 0. The lowest BCUT2D eigenvalue weighted by molar-refractivity contribution is 1.04. The molecule has 0 saturated heterocycles. The van der Waals surface area contributed by atoms with Crippen LogP contribution in [0.5, 0.6) is 0 Å². The molecule has 0 saturated carbocycles. The Morgan fingerprint density at radius 2 is 2.22 bits per heavy atom. The maximum absolute atomic E-state index is 3.33. The summed E-state index contributed by atoms with van der Waals surface area (Å²) in [5.74, 6) is 0. The summed E-state index contributed by atoms with van der Waals surface area (Å²) in [5, 5.41) is 0. The lowest BCUT2D eigenvalue weighted by atomic mass is 10.2. The van der Waals surface area contributed by atoms with Crippen molar-refractivity contribution in [2.24, 2.45) is 0 Å². The maximum Gasteiger partial charge on any atom is -0.00583 e. The second-order valence-electron chi connectivity index (χ2n) is 2.39. The first-order valence-electron chi connectivity index (χ1n) is 3.66. The largest absolute Gasteiger partial charge is 0.0658 e. The van der Waals surface area contributed by atoms with E-state index < -0.39 is 0 Å². The topological polar surface area (TPSA) is 0 Å². The summed E-state index contributed by atoms with van der Waals surface area (Å²) in [6.07, 6.45) is 9.03. The summed E-state index contributed by atoms with van der Waals surface area (Å²) in [5.41, 5.74) is 2.93. The standard InChI is InChI=1S/C9H13/c1-3-8-5-6-9(4-2)7-8/h7H,3-5H2,1-2H3. The zero-order valence-electron chi connectivity index (χ0n) is 6.20. The van der Waals surface area contributed by atoms with E-state index in [9.17, 15) is 0 Å². The number of allylic oxidation sites excluding steroid dienone is 4. The first-order chi connectivity index (χ1) is 4.36. The molecule has 9 heavy (non-hydrogen) atoms. The van der Waals surface area contributed by atoms with Crippen LogP contribution < -0.4 is 0 Å². The number of rotatable bonds is 2.